The number of aromatic nitrogens is 3. The lowest BCUT2D eigenvalue weighted by atomic mass is 9.98. The normalized spacial score (nSPS) is 22.8. The molecule has 0 aromatic carbocycles. The van der Waals surface area contributed by atoms with Gasteiger partial charge in [-0.1, -0.05) is 33.6 Å². The summed E-state index contributed by atoms with van der Waals surface area (Å²) in [4.78, 5) is 4.49. The molecule has 0 spiro atoms. The third-order valence-corrected chi connectivity index (χ3v) is 4.57. The van der Waals surface area contributed by atoms with E-state index in [2.05, 4.69) is 42.2 Å². The maximum atomic E-state index is 4.60. The SMILES string of the molecule is CC(C)c1cc2c(NCC3CCCC3C)nccn2n1. The van der Waals surface area contributed by atoms with Crippen LogP contribution >= 0.6 is 0 Å². The molecule has 3 rings (SSSR count). The van der Waals surface area contributed by atoms with E-state index in [0.29, 0.717) is 5.92 Å². The Bertz CT molecular complexity index is 587. The molecular formula is C16H24N4. The first-order chi connectivity index (χ1) is 9.65. The summed E-state index contributed by atoms with van der Waals surface area (Å²) in [7, 11) is 0. The van der Waals surface area contributed by atoms with E-state index in [1.165, 1.54) is 19.3 Å². The largest absolute Gasteiger partial charge is 0.368 e. The predicted octanol–water partition coefficient (Wildman–Crippen LogP) is 3.70. The first kappa shape index (κ1) is 13.4. The van der Waals surface area contributed by atoms with E-state index in [4.69, 9.17) is 0 Å². The second-order valence-corrected chi connectivity index (χ2v) is 6.38. The summed E-state index contributed by atoms with van der Waals surface area (Å²) >= 11 is 0. The molecule has 2 unspecified atom stereocenters. The lowest BCUT2D eigenvalue weighted by Crippen LogP contribution is -2.17. The Kier molecular flexibility index (Phi) is 3.64. The lowest BCUT2D eigenvalue weighted by Gasteiger charge is -2.16. The van der Waals surface area contributed by atoms with Gasteiger partial charge in [-0.05, 0) is 30.2 Å². The predicted molar refractivity (Wildman–Crippen MR) is 82.1 cm³/mol. The van der Waals surface area contributed by atoms with Gasteiger partial charge in [0.15, 0.2) is 5.82 Å². The topological polar surface area (TPSA) is 42.2 Å². The molecule has 1 N–H and O–H groups in total. The molecule has 2 aromatic rings. The van der Waals surface area contributed by atoms with Gasteiger partial charge in [0.1, 0.15) is 5.52 Å². The van der Waals surface area contributed by atoms with Crippen LogP contribution in [-0.4, -0.2) is 21.1 Å². The smallest absolute Gasteiger partial charge is 0.152 e. The molecule has 0 amide bonds. The fraction of sp³-hybridized carbons (Fsp3) is 0.625. The van der Waals surface area contributed by atoms with Gasteiger partial charge in [-0.25, -0.2) is 9.50 Å². The van der Waals surface area contributed by atoms with Crippen LogP contribution in [0.3, 0.4) is 0 Å². The van der Waals surface area contributed by atoms with Crippen molar-refractivity contribution in [2.24, 2.45) is 11.8 Å². The maximum Gasteiger partial charge on any atom is 0.152 e. The standard InChI is InChI=1S/C16H24N4/c1-11(2)14-9-15-16(17-7-8-20(15)19-14)18-10-13-6-4-5-12(13)3/h7-9,11-13H,4-6,10H2,1-3H3,(H,17,18). The number of hydrogen-bond donors (Lipinski definition) is 1. The minimum Gasteiger partial charge on any atom is -0.368 e. The minimum atomic E-state index is 0.442. The van der Waals surface area contributed by atoms with Crippen molar-refractivity contribution in [3.8, 4) is 0 Å². The summed E-state index contributed by atoms with van der Waals surface area (Å²) in [5.41, 5.74) is 2.21. The summed E-state index contributed by atoms with van der Waals surface area (Å²) in [6.07, 6.45) is 7.83. The van der Waals surface area contributed by atoms with E-state index in [0.717, 1.165) is 35.4 Å². The molecule has 1 aliphatic rings. The highest BCUT2D eigenvalue weighted by Gasteiger charge is 2.23. The molecule has 0 bridgehead atoms. The average molecular weight is 272 g/mol. The first-order valence-electron chi connectivity index (χ1n) is 7.73. The Morgan fingerprint density at radius 2 is 2.25 bits per heavy atom. The summed E-state index contributed by atoms with van der Waals surface area (Å²) in [5.74, 6) is 3.02. The maximum absolute atomic E-state index is 4.60. The van der Waals surface area contributed by atoms with Gasteiger partial charge in [0.25, 0.3) is 0 Å². The third kappa shape index (κ3) is 2.51. The summed E-state index contributed by atoms with van der Waals surface area (Å²) in [6, 6.07) is 2.15. The number of hydrogen-bond acceptors (Lipinski definition) is 3. The van der Waals surface area contributed by atoms with E-state index in [1.54, 1.807) is 0 Å². The van der Waals surface area contributed by atoms with E-state index in [1.807, 2.05) is 16.9 Å². The number of anilines is 1. The Labute approximate surface area is 120 Å². The van der Waals surface area contributed by atoms with Crippen LogP contribution in [-0.2, 0) is 0 Å². The lowest BCUT2D eigenvalue weighted by molar-refractivity contribution is 0.439. The van der Waals surface area contributed by atoms with Crippen molar-refractivity contribution >= 4 is 11.3 Å². The fourth-order valence-corrected chi connectivity index (χ4v) is 3.11. The van der Waals surface area contributed by atoms with E-state index >= 15 is 0 Å². The van der Waals surface area contributed by atoms with Crippen LogP contribution in [0.15, 0.2) is 18.5 Å². The number of fused-ring (bicyclic) bond motifs is 1. The monoisotopic (exact) mass is 272 g/mol. The van der Waals surface area contributed by atoms with Crippen molar-refractivity contribution in [2.45, 2.75) is 46.0 Å². The van der Waals surface area contributed by atoms with E-state index in [-0.39, 0.29) is 0 Å². The van der Waals surface area contributed by atoms with E-state index in [9.17, 15) is 0 Å². The zero-order valence-corrected chi connectivity index (χ0v) is 12.6. The van der Waals surface area contributed by atoms with Crippen molar-refractivity contribution in [1.29, 1.82) is 0 Å². The molecule has 2 aromatic heterocycles. The quantitative estimate of drug-likeness (QED) is 0.922. The second-order valence-electron chi connectivity index (χ2n) is 6.38. The molecule has 1 aliphatic carbocycles. The fourth-order valence-electron chi connectivity index (χ4n) is 3.11. The molecule has 0 radical (unpaired) electrons. The van der Waals surface area contributed by atoms with Gasteiger partial charge in [0, 0.05) is 18.9 Å². The molecule has 4 heteroatoms. The molecule has 4 nitrogen and oxygen atoms in total. The van der Waals surface area contributed by atoms with Gasteiger partial charge >= 0.3 is 0 Å². The summed E-state index contributed by atoms with van der Waals surface area (Å²) in [6.45, 7) is 7.73. The minimum absolute atomic E-state index is 0.442. The van der Waals surface area contributed by atoms with Gasteiger partial charge < -0.3 is 5.32 Å². The Morgan fingerprint density at radius 1 is 1.40 bits per heavy atom. The first-order valence-corrected chi connectivity index (χ1v) is 7.73. The van der Waals surface area contributed by atoms with Crippen LogP contribution in [0.4, 0.5) is 5.82 Å². The van der Waals surface area contributed by atoms with E-state index < -0.39 is 0 Å². The zero-order chi connectivity index (χ0) is 14.1. The zero-order valence-electron chi connectivity index (χ0n) is 12.6. The Balaban J connectivity index is 1.80. The molecular weight excluding hydrogens is 248 g/mol. The highest BCUT2D eigenvalue weighted by atomic mass is 15.2. The van der Waals surface area contributed by atoms with Crippen LogP contribution in [0.1, 0.15) is 51.6 Å². The number of rotatable bonds is 4. The van der Waals surface area contributed by atoms with Crippen molar-refractivity contribution in [3.63, 3.8) is 0 Å². The molecule has 1 fully saturated rings. The highest BCUT2D eigenvalue weighted by Crippen LogP contribution is 2.31. The van der Waals surface area contributed by atoms with Crippen LogP contribution in [0.2, 0.25) is 0 Å². The molecule has 0 aliphatic heterocycles. The number of nitrogens with one attached hydrogen (secondary N) is 1. The average Bonchev–Trinajstić information content (AvgIpc) is 3.02. The van der Waals surface area contributed by atoms with Crippen LogP contribution in [0.5, 0.6) is 0 Å². The van der Waals surface area contributed by atoms with Crippen molar-refractivity contribution in [1.82, 2.24) is 14.6 Å². The van der Waals surface area contributed by atoms with Gasteiger partial charge in [0.05, 0.1) is 5.69 Å². The summed E-state index contributed by atoms with van der Waals surface area (Å²) < 4.78 is 1.93. The van der Waals surface area contributed by atoms with Crippen molar-refractivity contribution < 1.29 is 0 Å². The Hall–Kier alpha value is -1.58. The van der Waals surface area contributed by atoms with Crippen molar-refractivity contribution in [2.75, 3.05) is 11.9 Å². The second kappa shape index (κ2) is 5.43. The van der Waals surface area contributed by atoms with Crippen molar-refractivity contribution in [3.05, 3.63) is 24.2 Å². The van der Waals surface area contributed by atoms with Gasteiger partial charge in [-0.3, -0.25) is 0 Å². The number of nitrogens with zero attached hydrogens (tertiary/aromatic N) is 3. The summed E-state index contributed by atoms with van der Waals surface area (Å²) in [5, 5.41) is 8.14. The molecule has 20 heavy (non-hydrogen) atoms. The van der Waals surface area contributed by atoms with Gasteiger partial charge in [0.2, 0.25) is 0 Å². The third-order valence-electron chi connectivity index (χ3n) is 4.57. The Morgan fingerprint density at radius 3 is 2.95 bits per heavy atom. The van der Waals surface area contributed by atoms with Gasteiger partial charge in [-0.15, -0.1) is 0 Å². The molecule has 0 saturated heterocycles. The molecule has 2 heterocycles. The van der Waals surface area contributed by atoms with Crippen LogP contribution in [0.25, 0.3) is 5.52 Å². The van der Waals surface area contributed by atoms with Crippen LogP contribution < -0.4 is 5.32 Å². The van der Waals surface area contributed by atoms with Gasteiger partial charge in [-0.2, -0.15) is 5.10 Å². The molecule has 2 atom stereocenters. The highest BCUT2D eigenvalue weighted by molar-refractivity contribution is 5.67. The molecule has 1 saturated carbocycles. The molecule has 108 valence electrons. The van der Waals surface area contributed by atoms with Crippen LogP contribution in [0, 0.1) is 11.8 Å².